The Bertz CT molecular complexity index is 266. The molecule has 0 saturated heterocycles. The molecule has 0 heterocycles. The highest BCUT2D eigenvalue weighted by molar-refractivity contribution is 5.18. The third-order valence-corrected chi connectivity index (χ3v) is 2.69. The molecular formula is C14H22O. The monoisotopic (exact) mass is 206 g/mol. The molecule has 0 amide bonds. The number of rotatable bonds is 5. The number of hydrogen-bond donors (Lipinski definition) is 0. The van der Waals surface area contributed by atoms with Crippen LogP contribution in [-0.4, -0.2) is 6.10 Å². The van der Waals surface area contributed by atoms with Gasteiger partial charge in [0.1, 0.15) is 0 Å². The summed E-state index contributed by atoms with van der Waals surface area (Å²) in [5, 5.41) is 0. The lowest BCUT2D eigenvalue weighted by molar-refractivity contribution is -0.0302. The molecular weight excluding hydrogens is 184 g/mol. The van der Waals surface area contributed by atoms with Gasteiger partial charge in [-0.05, 0) is 24.8 Å². The molecule has 1 aromatic carbocycles. The minimum atomic E-state index is 0.223. The van der Waals surface area contributed by atoms with E-state index < -0.39 is 0 Å². The number of benzene rings is 1. The zero-order valence-corrected chi connectivity index (χ0v) is 10.2. The van der Waals surface area contributed by atoms with Crippen molar-refractivity contribution in [3.63, 3.8) is 0 Å². The summed E-state index contributed by atoms with van der Waals surface area (Å²) in [4.78, 5) is 0. The molecule has 1 rings (SSSR count). The van der Waals surface area contributed by atoms with Crippen molar-refractivity contribution in [1.29, 1.82) is 0 Å². The van der Waals surface area contributed by atoms with E-state index >= 15 is 0 Å². The van der Waals surface area contributed by atoms with Crippen LogP contribution < -0.4 is 0 Å². The second-order valence-corrected chi connectivity index (χ2v) is 4.43. The Labute approximate surface area is 93.5 Å². The standard InChI is InChI=1S/C14H22O/c1-5-12(4)15-14(11(2)3)13-9-7-6-8-10-13/h6-12,14H,5H2,1-4H3. The summed E-state index contributed by atoms with van der Waals surface area (Å²) < 4.78 is 6.05. The molecule has 15 heavy (non-hydrogen) atoms. The Morgan fingerprint density at radius 2 is 1.67 bits per heavy atom. The first kappa shape index (κ1) is 12.3. The predicted octanol–water partition coefficient (Wildman–Crippen LogP) is 4.20. The molecule has 0 aliphatic heterocycles. The number of ether oxygens (including phenoxy) is 1. The van der Waals surface area contributed by atoms with Gasteiger partial charge in [-0.2, -0.15) is 0 Å². The van der Waals surface area contributed by atoms with E-state index in [1.807, 2.05) is 6.07 Å². The van der Waals surface area contributed by atoms with Crippen LogP contribution in [0.25, 0.3) is 0 Å². The molecule has 84 valence electrons. The highest BCUT2D eigenvalue weighted by Crippen LogP contribution is 2.27. The van der Waals surface area contributed by atoms with Crippen LogP contribution in [0.3, 0.4) is 0 Å². The van der Waals surface area contributed by atoms with Crippen molar-refractivity contribution in [2.45, 2.75) is 46.3 Å². The molecule has 0 fully saturated rings. The quantitative estimate of drug-likeness (QED) is 0.701. The van der Waals surface area contributed by atoms with E-state index in [1.165, 1.54) is 5.56 Å². The maximum absolute atomic E-state index is 6.05. The minimum Gasteiger partial charge on any atom is -0.370 e. The zero-order chi connectivity index (χ0) is 11.3. The van der Waals surface area contributed by atoms with Crippen molar-refractivity contribution < 1.29 is 4.74 Å². The van der Waals surface area contributed by atoms with E-state index in [0.717, 1.165) is 6.42 Å². The average molecular weight is 206 g/mol. The first-order valence-electron chi connectivity index (χ1n) is 5.85. The van der Waals surface area contributed by atoms with Crippen molar-refractivity contribution in [1.82, 2.24) is 0 Å². The van der Waals surface area contributed by atoms with Crippen LogP contribution in [0, 0.1) is 5.92 Å². The fourth-order valence-corrected chi connectivity index (χ4v) is 1.61. The molecule has 0 saturated carbocycles. The van der Waals surface area contributed by atoms with Crippen molar-refractivity contribution in [2.24, 2.45) is 5.92 Å². The zero-order valence-electron chi connectivity index (χ0n) is 10.2. The molecule has 0 spiro atoms. The normalized spacial score (nSPS) is 15.3. The van der Waals surface area contributed by atoms with Crippen LogP contribution >= 0.6 is 0 Å². The smallest absolute Gasteiger partial charge is 0.0851 e. The summed E-state index contributed by atoms with van der Waals surface area (Å²) in [7, 11) is 0. The highest BCUT2D eigenvalue weighted by atomic mass is 16.5. The number of hydrogen-bond acceptors (Lipinski definition) is 1. The van der Waals surface area contributed by atoms with Gasteiger partial charge in [-0.1, -0.05) is 51.1 Å². The third kappa shape index (κ3) is 3.67. The van der Waals surface area contributed by atoms with Gasteiger partial charge in [0.15, 0.2) is 0 Å². The van der Waals surface area contributed by atoms with Gasteiger partial charge in [-0.15, -0.1) is 0 Å². The minimum absolute atomic E-state index is 0.223. The molecule has 0 aliphatic rings. The predicted molar refractivity (Wildman–Crippen MR) is 64.9 cm³/mol. The summed E-state index contributed by atoms with van der Waals surface area (Å²) >= 11 is 0. The van der Waals surface area contributed by atoms with Crippen LogP contribution in [0.5, 0.6) is 0 Å². The van der Waals surface area contributed by atoms with E-state index in [2.05, 4.69) is 52.0 Å². The maximum Gasteiger partial charge on any atom is 0.0851 e. The molecule has 2 atom stereocenters. The van der Waals surface area contributed by atoms with E-state index in [1.54, 1.807) is 0 Å². The van der Waals surface area contributed by atoms with E-state index in [4.69, 9.17) is 4.74 Å². The van der Waals surface area contributed by atoms with Gasteiger partial charge in [-0.25, -0.2) is 0 Å². The van der Waals surface area contributed by atoms with Gasteiger partial charge in [0.05, 0.1) is 12.2 Å². The lowest BCUT2D eigenvalue weighted by atomic mass is 9.99. The second-order valence-electron chi connectivity index (χ2n) is 4.43. The molecule has 1 heteroatoms. The summed E-state index contributed by atoms with van der Waals surface area (Å²) in [5.74, 6) is 0.515. The van der Waals surface area contributed by atoms with E-state index in [-0.39, 0.29) is 6.10 Å². The lowest BCUT2D eigenvalue weighted by Crippen LogP contribution is -2.17. The third-order valence-electron chi connectivity index (χ3n) is 2.69. The van der Waals surface area contributed by atoms with Gasteiger partial charge in [-0.3, -0.25) is 0 Å². The average Bonchev–Trinajstić information content (AvgIpc) is 2.26. The van der Waals surface area contributed by atoms with Crippen LogP contribution in [0.2, 0.25) is 0 Å². The Morgan fingerprint density at radius 3 is 2.13 bits per heavy atom. The van der Waals surface area contributed by atoms with Crippen LogP contribution in [0.15, 0.2) is 30.3 Å². The topological polar surface area (TPSA) is 9.23 Å². The molecule has 0 radical (unpaired) electrons. The molecule has 0 N–H and O–H groups in total. The lowest BCUT2D eigenvalue weighted by Gasteiger charge is -2.25. The fourth-order valence-electron chi connectivity index (χ4n) is 1.61. The first-order valence-corrected chi connectivity index (χ1v) is 5.85. The van der Waals surface area contributed by atoms with Crippen molar-refractivity contribution in [3.8, 4) is 0 Å². The van der Waals surface area contributed by atoms with Crippen molar-refractivity contribution in [2.75, 3.05) is 0 Å². The first-order chi connectivity index (χ1) is 7.15. The highest BCUT2D eigenvalue weighted by Gasteiger charge is 2.18. The molecule has 0 aromatic heterocycles. The van der Waals surface area contributed by atoms with Crippen molar-refractivity contribution >= 4 is 0 Å². The summed E-state index contributed by atoms with van der Waals surface area (Å²) in [6, 6.07) is 10.5. The Morgan fingerprint density at radius 1 is 1.07 bits per heavy atom. The SMILES string of the molecule is CCC(C)OC(c1ccccc1)C(C)C. The second kappa shape index (κ2) is 5.92. The van der Waals surface area contributed by atoms with Gasteiger partial charge < -0.3 is 4.74 Å². The molecule has 2 unspecified atom stereocenters. The van der Waals surface area contributed by atoms with Gasteiger partial charge in [0, 0.05) is 0 Å². The Balaban J connectivity index is 2.75. The largest absolute Gasteiger partial charge is 0.370 e. The molecule has 1 aromatic rings. The maximum atomic E-state index is 6.05. The van der Waals surface area contributed by atoms with E-state index in [9.17, 15) is 0 Å². The van der Waals surface area contributed by atoms with E-state index in [0.29, 0.717) is 12.0 Å². The van der Waals surface area contributed by atoms with Crippen LogP contribution in [0.1, 0.15) is 45.8 Å². The van der Waals surface area contributed by atoms with Crippen LogP contribution in [-0.2, 0) is 4.74 Å². The van der Waals surface area contributed by atoms with Gasteiger partial charge >= 0.3 is 0 Å². The van der Waals surface area contributed by atoms with Gasteiger partial charge in [0.2, 0.25) is 0 Å². The Kier molecular flexibility index (Phi) is 4.83. The Hall–Kier alpha value is -0.820. The van der Waals surface area contributed by atoms with Gasteiger partial charge in [0.25, 0.3) is 0 Å². The van der Waals surface area contributed by atoms with Crippen LogP contribution in [0.4, 0.5) is 0 Å². The molecule has 0 bridgehead atoms. The molecule has 1 nitrogen and oxygen atoms in total. The fraction of sp³-hybridized carbons (Fsp3) is 0.571. The van der Waals surface area contributed by atoms with Crippen molar-refractivity contribution in [3.05, 3.63) is 35.9 Å². The molecule has 0 aliphatic carbocycles. The summed E-state index contributed by atoms with van der Waals surface area (Å²) in [6.45, 7) is 8.71. The summed E-state index contributed by atoms with van der Waals surface area (Å²) in [6.07, 6.45) is 1.62. The summed E-state index contributed by atoms with van der Waals surface area (Å²) in [5.41, 5.74) is 1.28.